The standard InChI is InChI=1S/C26H33ClN2O3/c1-28-15-17-29(18-16-28)14-4-3-5-19-32-26-20-23(31-2)11-12-24(26)25(30)13-8-21-6-9-22(27)10-7-21/h6-13,20H,3-5,14-19H2,1-2H3. The Bertz CT molecular complexity index is 890. The average Bonchev–Trinajstić information content (AvgIpc) is 2.81. The zero-order valence-electron chi connectivity index (χ0n) is 19.1. The van der Waals surface area contributed by atoms with E-state index in [1.807, 2.05) is 12.1 Å². The van der Waals surface area contributed by atoms with Crippen LogP contribution in [0.15, 0.2) is 48.5 Å². The maximum Gasteiger partial charge on any atom is 0.189 e. The van der Waals surface area contributed by atoms with Gasteiger partial charge in [0.2, 0.25) is 0 Å². The summed E-state index contributed by atoms with van der Waals surface area (Å²) in [6.07, 6.45) is 6.58. The van der Waals surface area contributed by atoms with Crippen LogP contribution < -0.4 is 9.47 Å². The smallest absolute Gasteiger partial charge is 0.189 e. The summed E-state index contributed by atoms with van der Waals surface area (Å²) in [6.45, 7) is 6.35. The van der Waals surface area contributed by atoms with Crippen molar-refractivity contribution in [3.63, 3.8) is 0 Å². The first-order chi connectivity index (χ1) is 15.5. The highest BCUT2D eigenvalue weighted by molar-refractivity contribution is 6.30. The van der Waals surface area contributed by atoms with Crippen LogP contribution in [0.4, 0.5) is 0 Å². The van der Waals surface area contributed by atoms with E-state index < -0.39 is 0 Å². The highest BCUT2D eigenvalue weighted by Crippen LogP contribution is 2.26. The lowest BCUT2D eigenvalue weighted by molar-refractivity contribution is 0.104. The van der Waals surface area contributed by atoms with Crippen molar-refractivity contribution in [1.82, 2.24) is 9.80 Å². The third kappa shape index (κ3) is 7.66. The lowest BCUT2D eigenvalue weighted by atomic mass is 10.1. The topological polar surface area (TPSA) is 42.0 Å². The molecule has 3 rings (SSSR count). The van der Waals surface area contributed by atoms with Crippen molar-refractivity contribution >= 4 is 23.5 Å². The van der Waals surface area contributed by atoms with E-state index in [0.29, 0.717) is 28.7 Å². The molecule has 1 saturated heterocycles. The summed E-state index contributed by atoms with van der Waals surface area (Å²) >= 11 is 5.92. The summed E-state index contributed by atoms with van der Waals surface area (Å²) in [5.41, 5.74) is 1.45. The molecule has 0 saturated carbocycles. The van der Waals surface area contributed by atoms with Crippen LogP contribution in [0, 0.1) is 0 Å². The van der Waals surface area contributed by atoms with Crippen LogP contribution >= 0.6 is 11.6 Å². The fourth-order valence-electron chi connectivity index (χ4n) is 3.66. The van der Waals surface area contributed by atoms with Gasteiger partial charge in [0, 0.05) is 37.3 Å². The minimum Gasteiger partial charge on any atom is -0.497 e. The molecule has 2 aromatic rings. The molecule has 0 bridgehead atoms. The van der Waals surface area contributed by atoms with E-state index in [0.717, 1.165) is 51.1 Å². The third-order valence-corrected chi connectivity index (χ3v) is 5.98. The molecule has 0 unspecified atom stereocenters. The Kier molecular flexibility index (Phi) is 9.60. The fraction of sp³-hybridized carbons (Fsp3) is 0.423. The SMILES string of the molecule is COc1ccc(C(=O)C=Cc2ccc(Cl)cc2)c(OCCCCCN2CCN(C)CC2)c1. The van der Waals surface area contributed by atoms with Gasteiger partial charge in [-0.25, -0.2) is 0 Å². The van der Waals surface area contributed by atoms with Crippen LogP contribution in [-0.2, 0) is 0 Å². The van der Waals surface area contributed by atoms with E-state index in [9.17, 15) is 4.79 Å². The molecular weight excluding hydrogens is 424 g/mol. The normalized spacial score (nSPS) is 15.2. The Balaban J connectivity index is 1.50. The average molecular weight is 457 g/mol. The van der Waals surface area contributed by atoms with Gasteiger partial charge in [0.15, 0.2) is 5.78 Å². The maximum atomic E-state index is 12.8. The number of ether oxygens (including phenoxy) is 2. The number of rotatable bonds is 11. The summed E-state index contributed by atoms with van der Waals surface area (Å²) in [5.74, 6) is 1.13. The minimum atomic E-state index is -0.104. The molecule has 0 aromatic heterocycles. The van der Waals surface area contributed by atoms with Gasteiger partial charge in [0.1, 0.15) is 11.5 Å². The molecule has 0 atom stereocenters. The van der Waals surface area contributed by atoms with Crippen LogP contribution in [0.2, 0.25) is 5.02 Å². The van der Waals surface area contributed by atoms with Gasteiger partial charge in [0.25, 0.3) is 0 Å². The molecule has 0 amide bonds. The van der Waals surface area contributed by atoms with Gasteiger partial charge in [0.05, 0.1) is 19.3 Å². The number of allylic oxidation sites excluding steroid dienone is 1. The first-order valence-corrected chi connectivity index (χ1v) is 11.6. The van der Waals surface area contributed by atoms with Crippen LogP contribution in [0.5, 0.6) is 11.5 Å². The van der Waals surface area contributed by atoms with Gasteiger partial charge in [-0.3, -0.25) is 4.79 Å². The molecule has 1 fully saturated rings. The molecule has 0 N–H and O–H groups in total. The van der Waals surface area contributed by atoms with Crippen LogP contribution in [-0.4, -0.2) is 69.1 Å². The van der Waals surface area contributed by atoms with Gasteiger partial charge in [-0.05, 0) is 68.8 Å². The van der Waals surface area contributed by atoms with E-state index in [1.165, 1.54) is 6.42 Å². The zero-order valence-corrected chi connectivity index (χ0v) is 19.8. The molecule has 6 heteroatoms. The summed E-state index contributed by atoms with van der Waals surface area (Å²) in [6, 6.07) is 12.7. The number of halogens is 1. The largest absolute Gasteiger partial charge is 0.497 e. The Morgan fingerprint density at radius 3 is 2.50 bits per heavy atom. The summed E-state index contributed by atoms with van der Waals surface area (Å²) in [5, 5.41) is 0.669. The van der Waals surface area contributed by atoms with Gasteiger partial charge >= 0.3 is 0 Å². The van der Waals surface area contributed by atoms with Crippen molar-refractivity contribution in [1.29, 1.82) is 0 Å². The fourth-order valence-corrected chi connectivity index (χ4v) is 3.78. The molecule has 2 aromatic carbocycles. The van der Waals surface area contributed by atoms with Crippen LogP contribution in [0.25, 0.3) is 6.08 Å². The Morgan fingerprint density at radius 2 is 1.78 bits per heavy atom. The number of piperazine rings is 1. The number of benzene rings is 2. The Morgan fingerprint density at radius 1 is 1.03 bits per heavy atom. The Labute approximate surface area is 196 Å². The monoisotopic (exact) mass is 456 g/mol. The van der Waals surface area contributed by atoms with Crippen molar-refractivity contribution in [3.8, 4) is 11.5 Å². The maximum absolute atomic E-state index is 12.8. The van der Waals surface area contributed by atoms with Crippen LogP contribution in [0.3, 0.4) is 0 Å². The van der Waals surface area contributed by atoms with E-state index in [-0.39, 0.29) is 5.78 Å². The molecule has 32 heavy (non-hydrogen) atoms. The van der Waals surface area contributed by atoms with Crippen molar-refractivity contribution in [2.24, 2.45) is 0 Å². The third-order valence-electron chi connectivity index (χ3n) is 5.72. The lowest BCUT2D eigenvalue weighted by Gasteiger charge is -2.32. The second-order valence-corrected chi connectivity index (χ2v) is 8.60. The predicted molar refractivity (Wildman–Crippen MR) is 131 cm³/mol. The van der Waals surface area contributed by atoms with E-state index in [1.54, 1.807) is 49.6 Å². The van der Waals surface area contributed by atoms with Gasteiger partial charge in [-0.2, -0.15) is 0 Å². The zero-order chi connectivity index (χ0) is 22.8. The van der Waals surface area contributed by atoms with Gasteiger partial charge < -0.3 is 19.3 Å². The number of methoxy groups -OCH3 is 1. The van der Waals surface area contributed by atoms with E-state index >= 15 is 0 Å². The minimum absolute atomic E-state index is 0.104. The number of carbonyl (C=O) groups excluding carboxylic acids is 1. The first-order valence-electron chi connectivity index (χ1n) is 11.2. The molecule has 0 spiro atoms. The molecule has 1 heterocycles. The predicted octanol–water partition coefficient (Wildman–Crippen LogP) is 5.04. The highest BCUT2D eigenvalue weighted by Gasteiger charge is 2.14. The number of nitrogens with zero attached hydrogens (tertiary/aromatic N) is 2. The first kappa shape index (κ1) is 24.3. The number of ketones is 1. The lowest BCUT2D eigenvalue weighted by Crippen LogP contribution is -2.44. The second-order valence-electron chi connectivity index (χ2n) is 8.17. The molecule has 0 aliphatic carbocycles. The molecular formula is C26H33ClN2O3. The number of carbonyl (C=O) groups is 1. The van der Waals surface area contributed by atoms with E-state index in [4.69, 9.17) is 21.1 Å². The van der Waals surface area contributed by atoms with Crippen molar-refractivity contribution in [3.05, 3.63) is 64.7 Å². The van der Waals surface area contributed by atoms with Crippen molar-refractivity contribution in [2.75, 3.05) is 53.5 Å². The second kappa shape index (κ2) is 12.6. The molecule has 0 radical (unpaired) electrons. The van der Waals surface area contributed by atoms with Crippen LogP contribution in [0.1, 0.15) is 35.2 Å². The molecule has 5 nitrogen and oxygen atoms in total. The summed E-state index contributed by atoms with van der Waals surface area (Å²) in [4.78, 5) is 17.7. The van der Waals surface area contributed by atoms with E-state index in [2.05, 4.69) is 16.8 Å². The number of hydrogen-bond donors (Lipinski definition) is 0. The van der Waals surface area contributed by atoms with Crippen molar-refractivity contribution in [2.45, 2.75) is 19.3 Å². The molecule has 172 valence electrons. The molecule has 1 aliphatic heterocycles. The summed E-state index contributed by atoms with van der Waals surface area (Å²) in [7, 11) is 3.79. The van der Waals surface area contributed by atoms with Crippen molar-refractivity contribution < 1.29 is 14.3 Å². The Hall–Kier alpha value is -2.34. The number of unbranched alkanes of at least 4 members (excludes halogenated alkanes) is 2. The summed E-state index contributed by atoms with van der Waals surface area (Å²) < 4.78 is 11.3. The van der Waals surface area contributed by atoms with Gasteiger partial charge in [-0.1, -0.05) is 29.8 Å². The van der Waals surface area contributed by atoms with Gasteiger partial charge in [-0.15, -0.1) is 0 Å². The highest BCUT2D eigenvalue weighted by atomic mass is 35.5. The quantitative estimate of drug-likeness (QED) is 0.269. The number of hydrogen-bond acceptors (Lipinski definition) is 5. The number of likely N-dealkylation sites (N-methyl/N-ethyl adjacent to an activating group) is 1. The molecule has 1 aliphatic rings.